The van der Waals surface area contributed by atoms with Gasteiger partial charge in [0.1, 0.15) is 17.2 Å². The number of hydrogen-bond acceptors (Lipinski definition) is 4. The quantitative estimate of drug-likeness (QED) is 0.284. The summed E-state index contributed by atoms with van der Waals surface area (Å²) in [5.74, 6) is 1.53. The van der Waals surface area contributed by atoms with Gasteiger partial charge in [-0.05, 0) is 60.9 Å². The van der Waals surface area contributed by atoms with E-state index in [2.05, 4.69) is 60.4 Å². The summed E-state index contributed by atoms with van der Waals surface area (Å²) in [5.41, 5.74) is 6.40. The molecule has 184 valence electrons. The van der Waals surface area contributed by atoms with Crippen LogP contribution in [-0.4, -0.2) is 34.7 Å². The van der Waals surface area contributed by atoms with Gasteiger partial charge >= 0.3 is 0 Å². The van der Waals surface area contributed by atoms with Crippen LogP contribution in [0.15, 0.2) is 72.8 Å². The summed E-state index contributed by atoms with van der Waals surface area (Å²) >= 11 is 0. The molecule has 1 N–H and O–H groups in total. The first-order valence-electron chi connectivity index (χ1n) is 12.4. The van der Waals surface area contributed by atoms with Crippen LogP contribution >= 0.6 is 0 Å². The molecule has 4 aromatic rings. The molecule has 5 rings (SSSR count). The lowest BCUT2D eigenvalue weighted by Crippen LogP contribution is -2.29. The van der Waals surface area contributed by atoms with E-state index in [9.17, 15) is 4.79 Å². The molecule has 0 saturated heterocycles. The van der Waals surface area contributed by atoms with E-state index in [1.807, 2.05) is 41.3 Å². The van der Waals surface area contributed by atoms with Crippen LogP contribution in [-0.2, 0) is 6.54 Å². The second-order valence-corrected chi connectivity index (χ2v) is 9.19. The van der Waals surface area contributed by atoms with Crippen molar-refractivity contribution in [2.75, 3.05) is 13.7 Å². The number of fused-ring (bicyclic) bond motifs is 1. The zero-order valence-electron chi connectivity index (χ0n) is 21.0. The van der Waals surface area contributed by atoms with Crippen LogP contribution in [0, 0.1) is 6.92 Å². The molecule has 1 atom stereocenters. The molecule has 1 aliphatic rings. The Morgan fingerprint density at radius 1 is 1.00 bits per heavy atom. The molecule has 1 aromatic heterocycles. The highest BCUT2D eigenvalue weighted by molar-refractivity contribution is 6.00. The van der Waals surface area contributed by atoms with Crippen LogP contribution in [0.4, 0.5) is 0 Å². The van der Waals surface area contributed by atoms with Gasteiger partial charge in [-0.25, -0.2) is 0 Å². The maximum absolute atomic E-state index is 13.7. The van der Waals surface area contributed by atoms with Crippen LogP contribution < -0.4 is 9.47 Å². The van der Waals surface area contributed by atoms with Gasteiger partial charge in [-0.1, -0.05) is 55.3 Å². The third-order valence-electron chi connectivity index (χ3n) is 6.64. The Hall–Kier alpha value is -4.06. The number of ether oxygens (including phenoxy) is 2. The van der Waals surface area contributed by atoms with Crippen molar-refractivity contribution in [3.63, 3.8) is 0 Å². The first-order chi connectivity index (χ1) is 17.6. The van der Waals surface area contributed by atoms with E-state index in [0.717, 1.165) is 52.3 Å². The molecular formula is C30H31N3O3. The van der Waals surface area contributed by atoms with Crippen molar-refractivity contribution in [3.05, 3.63) is 101 Å². The number of carbonyl (C=O) groups excluding carboxylic acids is 1. The zero-order valence-corrected chi connectivity index (χ0v) is 21.0. The number of aromatic amines is 1. The second kappa shape index (κ2) is 10.3. The fourth-order valence-corrected chi connectivity index (χ4v) is 4.67. The number of aryl methyl sites for hydroxylation is 1. The van der Waals surface area contributed by atoms with Gasteiger partial charge in [-0.3, -0.25) is 9.89 Å². The van der Waals surface area contributed by atoms with Crippen LogP contribution in [0.1, 0.15) is 58.5 Å². The highest BCUT2D eigenvalue weighted by Gasteiger charge is 2.42. The van der Waals surface area contributed by atoms with Crippen molar-refractivity contribution >= 4 is 5.91 Å². The highest BCUT2D eigenvalue weighted by atomic mass is 16.5. The van der Waals surface area contributed by atoms with Gasteiger partial charge in [-0.15, -0.1) is 0 Å². The van der Waals surface area contributed by atoms with Gasteiger partial charge in [0, 0.05) is 17.7 Å². The summed E-state index contributed by atoms with van der Waals surface area (Å²) < 4.78 is 11.3. The molecule has 6 heteroatoms. The number of nitrogens with zero attached hydrogens (tertiary/aromatic N) is 2. The molecular weight excluding hydrogens is 450 g/mol. The molecule has 0 aliphatic carbocycles. The molecule has 0 fully saturated rings. The lowest BCUT2D eigenvalue weighted by atomic mass is 9.95. The fraction of sp³-hybridized carbons (Fsp3) is 0.267. The Balaban J connectivity index is 1.58. The molecule has 6 nitrogen and oxygen atoms in total. The van der Waals surface area contributed by atoms with Crippen LogP contribution in [0.2, 0.25) is 0 Å². The van der Waals surface area contributed by atoms with Crippen molar-refractivity contribution in [2.24, 2.45) is 0 Å². The van der Waals surface area contributed by atoms with Crippen LogP contribution in [0.5, 0.6) is 11.5 Å². The monoisotopic (exact) mass is 481 g/mol. The second-order valence-electron chi connectivity index (χ2n) is 9.19. The van der Waals surface area contributed by atoms with Crippen LogP contribution in [0.3, 0.4) is 0 Å². The van der Waals surface area contributed by atoms with Gasteiger partial charge in [0.25, 0.3) is 5.91 Å². The van der Waals surface area contributed by atoms with Crippen molar-refractivity contribution < 1.29 is 14.3 Å². The van der Waals surface area contributed by atoms with E-state index in [4.69, 9.17) is 9.47 Å². The summed E-state index contributed by atoms with van der Waals surface area (Å²) in [6, 6.07) is 23.9. The van der Waals surface area contributed by atoms with E-state index < -0.39 is 0 Å². The first kappa shape index (κ1) is 23.7. The SMILES string of the molecule is CCCCOc1cccc(C2c3c(-c4ccc(OC)cc4)n[nH]c3C(=O)N2Cc2ccc(C)cc2)c1. The van der Waals surface area contributed by atoms with Gasteiger partial charge < -0.3 is 14.4 Å². The van der Waals surface area contributed by atoms with Crippen molar-refractivity contribution in [1.82, 2.24) is 15.1 Å². The highest BCUT2D eigenvalue weighted by Crippen LogP contribution is 2.44. The normalized spacial score (nSPS) is 14.7. The number of unbranched alkanes of at least 4 members (excludes halogenated alkanes) is 1. The number of rotatable bonds is 9. The van der Waals surface area contributed by atoms with Crippen molar-refractivity contribution in [3.8, 4) is 22.8 Å². The predicted molar refractivity (Wildman–Crippen MR) is 140 cm³/mol. The minimum atomic E-state index is -0.292. The number of hydrogen-bond donors (Lipinski definition) is 1. The maximum Gasteiger partial charge on any atom is 0.273 e. The van der Waals surface area contributed by atoms with Crippen molar-refractivity contribution in [1.29, 1.82) is 0 Å². The van der Waals surface area contributed by atoms with E-state index in [1.165, 1.54) is 5.56 Å². The Morgan fingerprint density at radius 3 is 2.50 bits per heavy atom. The largest absolute Gasteiger partial charge is 0.497 e. The molecule has 1 unspecified atom stereocenters. The van der Waals surface area contributed by atoms with E-state index in [0.29, 0.717) is 18.8 Å². The molecule has 0 radical (unpaired) electrons. The molecule has 1 amide bonds. The molecule has 0 spiro atoms. The molecule has 3 aromatic carbocycles. The lowest BCUT2D eigenvalue weighted by molar-refractivity contribution is 0.0730. The Morgan fingerprint density at radius 2 is 1.78 bits per heavy atom. The average Bonchev–Trinajstić information content (AvgIpc) is 3.45. The van der Waals surface area contributed by atoms with Crippen LogP contribution in [0.25, 0.3) is 11.3 Å². The van der Waals surface area contributed by atoms with E-state index in [1.54, 1.807) is 7.11 Å². The van der Waals surface area contributed by atoms with Gasteiger partial charge in [0.2, 0.25) is 0 Å². The third-order valence-corrected chi connectivity index (χ3v) is 6.64. The minimum absolute atomic E-state index is 0.0554. The molecule has 1 aliphatic heterocycles. The van der Waals surface area contributed by atoms with E-state index in [-0.39, 0.29) is 11.9 Å². The topological polar surface area (TPSA) is 67.5 Å². The zero-order chi connectivity index (χ0) is 25.1. The summed E-state index contributed by atoms with van der Waals surface area (Å²) in [7, 11) is 1.65. The Kier molecular flexibility index (Phi) is 6.76. The minimum Gasteiger partial charge on any atom is -0.497 e. The molecule has 0 saturated carbocycles. The molecule has 2 heterocycles. The third kappa shape index (κ3) is 4.59. The number of nitrogens with one attached hydrogen (secondary N) is 1. The van der Waals surface area contributed by atoms with Crippen molar-refractivity contribution in [2.45, 2.75) is 39.3 Å². The summed E-state index contributed by atoms with van der Waals surface area (Å²) in [4.78, 5) is 15.6. The number of benzene rings is 3. The number of aromatic nitrogens is 2. The molecule has 0 bridgehead atoms. The lowest BCUT2D eigenvalue weighted by Gasteiger charge is -2.27. The summed E-state index contributed by atoms with van der Waals surface area (Å²) in [6.07, 6.45) is 2.07. The number of methoxy groups -OCH3 is 1. The van der Waals surface area contributed by atoms with Gasteiger partial charge in [0.15, 0.2) is 0 Å². The van der Waals surface area contributed by atoms with Gasteiger partial charge in [0.05, 0.1) is 25.5 Å². The predicted octanol–water partition coefficient (Wildman–Crippen LogP) is 6.32. The van der Waals surface area contributed by atoms with E-state index >= 15 is 0 Å². The fourth-order valence-electron chi connectivity index (χ4n) is 4.67. The standard InChI is InChI=1S/C30H31N3O3/c1-4-5-17-36-25-8-6-7-23(18-25)29-26-27(22-13-15-24(35-3)16-14-22)31-32-28(26)30(34)33(29)19-21-11-9-20(2)10-12-21/h6-16,18,29H,4-5,17,19H2,1-3H3,(H,31,32). The smallest absolute Gasteiger partial charge is 0.273 e. The Bertz CT molecular complexity index is 1340. The Labute approximate surface area is 211 Å². The number of amides is 1. The maximum atomic E-state index is 13.7. The molecule has 36 heavy (non-hydrogen) atoms. The number of H-pyrrole nitrogens is 1. The first-order valence-corrected chi connectivity index (χ1v) is 12.4. The number of carbonyl (C=O) groups is 1. The van der Waals surface area contributed by atoms with Gasteiger partial charge in [-0.2, -0.15) is 5.10 Å². The summed E-state index contributed by atoms with van der Waals surface area (Å²) in [5, 5.41) is 7.62. The average molecular weight is 482 g/mol. The summed E-state index contributed by atoms with van der Waals surface area (Å²) in [6.45, 7) is 5.38.